The van der Waals surface area contributed by atoms with Crippen molar-refractivity contribution >= 4 is 5.78 Å². The van der Waals surface area contributed by atoms with Crippen LogP contribution in [0, 0.1) is 5.92 Å². The largest absolute Gasteiger partial charge is 0.294 e. The molecule has 0 amide bonds. The number of ketones is 1. The Bertz CT molecular complexity index is 337. The lowest BCUT2D eigenvalue weighted by atomic mass is 9.98. The van der Waals surface area contributed by atoms with Crippen LogP contribution in [0.1, 0.15) is 31.1 Å². The van der Waals surface area contributed by atoms with Gasteiger partial charge in [-0.1, -0.05) is 18.6 Å². The second kappa shape index (κ2) is 4.70. The molecule has 0 spiro atoms. The number of nitrogens with zero attached hydrogens (tertiary/aromatic N) is 1. The first-order valence-electron chi connectivity index (χ1n) is 4.70. The molecule has 74 valence electrons. The van der Waals surface area contributed by atoms with Crippen LogP contribution in [0.25, 0.3) is 0 Å². The van der Waals surface area contributed by atoms with Crippen molar-refractivity contribution in [2.45, 2.75) is 20.8 Å². The Morgan fingerprint density at radius 2 is 1.93 bits per heavy atom. The van der Waals surface area contributed by atoms with E-state index in [1.54, 1.807) is 24.5 Å². The van der Waals surface area contributed by atoms with Gasteiger partial charge in [-0.3, -0.25) is 9.78 Å². The van der Waals surface area contributed by atoms with Gasteiger partial charge in [0.05, 0.1) is 0 Å². The van der Waals surface area contributed by atoms with E-state index in [0.717, 1.165) is 5.56 Å². The summed E-state index contributed by atoms with van der Waals surface area (Å²) in [7, 11) is 0. The van der Waals surface area contributed by atoms with Crippen molar-refractivity contribution in [3.8, 4) is 0 Å². The third kappa shape index (κ3) is 2.80. The number of Topliss-reactive ketones (excluding diaryl/α,β-unsaturated/α-hetero) is 1. The van der Waals surface area contributed by atoms with Gasteiger partial charge >= 0.3 is 0 Å². The summed E-state index contributed by atoms with van der Waals surface area (Å²) in [6, 6.07) is 3.50. The first-order valence-corrected chi connectivity index (χ1v) is 4.70. The summed E-state index contributed by atoms with van der Waals surface area (Å²) in [5, 5.41) is 0. The maximum Gasteiger partial charge on any atom is 0.169 e. The molecule has 1 atom stereocenters. The van der Waals surface area contributed by atoms with Crippen molar-refractivity contribution in [2.24, 2.45) is 5.92 Å². The molecule has 0 saturated carbocycles. The van der Waals surface area contributed by atoms with E-state index in [1.165, 1.54) is 5.57 Å². The lowest BCUT2D eigenvalue weighted by molar-refractivity contribution is 0.0952. The van der Waals surface area contributed by atoms with Crippen molar-refractivity contribution in [1.82, 2.24) is 4.98 Å². The van der Waals surface area contributed by atoms with Gasteiger partial charge in [0.1, 0.15) is 0 Å². The number of pyridine rings is 1. The van der Waals surface area contributed by atoms with E-state index in [-0.39, 0.29) is 11.7 Å². The predicted molar refractivity (Wildman–Crippen MR) is 57.2 cm³/mol. The fourth-order valence-corrected chi connectivity index (χ4v) is 1.35. The molecule has 1 heterocycles. The molecule has 0 aliphatic heterocycles. The molecule has 1 aromatic rings. The molecule has 0 unspecified atom stereocenters. The molecule has 1 aromatic heterocycles. The smallest absolute Gasteiger partial charge is 0.169 e. The number of rotatable bonds is 3. The standard InChI is InChI=1S/C12H15NO/c1-9(2)8-10(3)12(14)11-4-6-13-7-5-11/h4-8,10H,1-3H3/t10-/m1/s1. The van der Waals surface area contributed by atoms with Crippen LogP contribution in [0.4, 0.5) is 0 Å². The average Bonchev–Trinajstić information content (AvgIpc) is 2.17. The van der Waals surface area contributed by atoms with Crippen LogP contribution in [-0.4, -0.2) is 10.8 Å². The van der Waals surface area contributed by atoms with Crippen LogP contribution in [-0.2, 0) is 0 Å². The zero-order valence-electron chi connectivity index (χ0n) is 8.82. The number of carbonyl (C=O) groups excluding carboxylic acids is 1. The van der Waals surface area contributed by atoms with Gasteiger partial charge in [-0.2, -0.15) is 0 Å². The Morgan fingerprint density at radius 3 is 2.43 bits per heavy atom. The van der Waals surface area contributed by atoms with Crippen molar-refractivity contribution < 1.29 is 4.79 Å². The van der Waals surface area contributed by atoms with E-state index in [2.05, 4.69) is 4.98 Å². The second-order valence-corrected chi connectivity index (χ2v) is 3.63. The van der Waals surface area contributed by atoms with Crippen LogP contribution < -0.4 is 0 Å². The number of hydrogen-bond acceptors (Lipinski definition) is 2. The minimum Gasteiger partial charge on any atom is -0.294 e. The van der Waals surface area contributed by atoms with E-state index < -0.39 is 0 Å². The van der Waals surface area contributed by atoms with Gasteiger partial charge in [0.15, 0.2) is 5.78 Å². The lowest BCUT2D eigenvalue weighted by Crippen LogP contribution is -2.09. The normalized spacial score (nSPS) is 11.9. The number of carbonyl (C=O) groups is 1. The first kappa shape index (κ1) is 10.6. The van der Waals surface area contributed by atoms with E-state index >= 15 is 0 Å². The Labute approximate surface area is 84.7 Å². The predicted octanol–water partition coefficient (Wildman–Crippen LogP) is 2.87. The van der Waals surface area contributed by atoms with E-state index in [0.29, 0.717) is 0 Å². The maximum atomic E-state index is 11.8. The maximum absolute atomic E-state index is 11.8. The fourth-order valence-electron chi connectivity index (χ4n) is 1.35. The van der Waals surface area contributed by atoms with E-state index in [1.807, 2.05) is 26.8 Å². The summed E-state index contributed by atoms with van der Waals surface area (Å²) in [6.07, 6.45) is 5.26. The monoisotopic (exact) mass is 189 g/mol. The van der Waals surface area contributed by atoms with Crippen LogP contribution in [0.5, 0.6) is 0 Å². The third-order valence-electron chi connectivity index (χ3n) is 1.96. The first-order chi connectivity index (χ1) is 6.61. The highest BCUT2D eigenvalue weighted by Gasteiger charge is 2.11. The molecule has 0 N–H and O–H groups in total. The quantitative estimate of drug-likeness (QED) is 0.540. The molecular formula is C12H15NO. The molecular weight excluding hydrogens is 174 g/mol. The zero-order valence-corrected chi connectivity index (χ0v) is 8.82. The molecule has 14 heavy (non-hydrogen) atoms. The van der Waals surface area contributed by atoms with Crippen molar-refractivity contribution in [1.29, 1.82) is 0 Å². The zero-order chi connectivity index (χ0) is 10.6. The summed E-state index contributed by atoms with van der Waals surface area (Å²) in [5.41, 5.74) is 1.89. The van der Waals surface area contributed by atoms with Crippen LogP contribution in [0.2, 0.25) is 0 Å². The minimum absolute atomic E-state index is 0.0533. The average molecular weight is 189 g/mol. The van der Waals surface area contributed by atoms with Gasteiger partial charge in [0.25, 0.3) is 0 Å². The van der Waals surface area contributed by atoms with Gasteiger partial charge < -0.3 is 0 Å². The third-order valence-corrected chi connectivity index (χ3v) is 1.96. The van der Waals surface area contributed by atoms with Gasteiger partial charge in [0, 0.05) is 23.9 Å². The highest BCUT2D eigenvalue weighted by molar-refractivity contribution is 5.98. The Balaban J connectivity index is 2.82. The Morgan fingerprint density at radius 1 is 1.36 bits per heavy atom. The molecule has 0 fully saturated rings. The SMILES string of the molecule is CC(C)=C[C@@H](C)C(=O)c1ccncc1. The molecule has 0 saturated heterocycles. The Kier molecular flexibility index (Phi) is 3.57. The molecule has 0 aromatic carbocycles. The highest BCUT2D eigenvalue weighted by Crippen LogP contribution is 2.10. The second-order valence-electron chi connectivity index (χ2n) is 3.63. The summed E-state index contributed by atoms with van der Waals surface area (Å²) >= 11 is 0. The number of allylic oxidation sites excluding steroid dienone is 2. The number of hydrogen-bond donors (Lipinski definition) is 0. The van der Waals surface area contributed by atoms with Crippen LogP contribution in [0.3, 0.4) is 0 Å². The van der Waals surface area contributed by atoms with Crippen molar-refractivity contribution in [3.63, 3.8) is 0 Å². The van der Waals surface area contributed by atoms with E-state index in [4.69, 9.17) is 0 Å². The molecule has 2 heteroatoms. The van der Waals surface area contributed by atoms with E-state index in [9.17, 15) is 4.79 Å². The minimum atomic E-state index is -0.0533. The topological polar surface area (TPSA) is 30.0 Å². The van der Waals surface area contributed by atoms with Crippen LogP contribution in [0.15, 0.2) is 36.2 Å². The molecule has 2 nitrogen and oxygen atoms in total. The number of aromatic nitrogens is 1. The van der Waals surface area contributed by atoms with Gasteiger partial charge in [-0.25, -0.2) is 0 Å². The summed E-state index contributed by atoms with van der Waals surface area (Å²) < 4.78 is 0. The molecule has 0 aliphatic carbocycles. The molecule has 0 radical (unpaired) electrons. The van der Waals surface area contributed by atoms with Crippen LogP contribution >= 0.6 is 0 Å². The lowest BCUT2D eigenvalue weighted by Gasteiger charge is -2.05. The fraction of sp³-hybridized carbons (Fsp3) is 0.333. The highest BCUT2D eigenvalue weighted by atomic mass is 16.1. The van der Waals surface area contributed by atoms with Gasteiger partial charge in [-0.15, -0.1) is 0 Å². The molecule has 0 aliphatic rings. The summed E-state index contributed by atoms with van der Waals surface area (Å²) in [6.45, 7) is 5.91. The van der Waals surface area contributed by atoms with Gasteiger partial charge in [-0.05, 0) is 26.0 Å². The Hall–Kier alpha value is -1.44. The van der Waals surface area contributed by atoms with Gasteiger partial charge in [0.2, 0.25) is 0 Å². The van der Waals surface area contributed by atoms with Crippen molar-refractivity contribution in [2.75, 3.05) is 0 Å². The molecule has 1 rings (SSSR count). The summed E-state index contributed by atoms with van der Waals surface area (Å²) in [4.78, 5) is 15.7. The summed E-state index contributed by atoms with van der Waals surface area (Å²) in [5.74, 6) is 0.0935. The molecule has 0 bridgehead atoms. The van der Waals surface area contributed by atoms with Crippen molar-refractivity contribution in [3.05, 3.63) is 41.7 Å².